The van der Waals surface area contributed by atoms with Crippen molar-refractivity contribution in [2.24, 2.45) is 10.4 Å². The van der Waals surface area contributed by atoms with Crippen molar-refractivity contribution in [1.29, 1.82) is 0 Å². The molecular formula is C28H35N3O2. The van der Waals surface area contributed by atoms with Crippen LogP contribution in [0.25, 0.3) is 0 Å². The van der Waals surface area contributed by atoms with Gasteiger partial charge in [0, 0.05) is 37.7 Å². The minimum atomic E-state index is -0.890. The summed E-state index contributed by atoms with van der Waals surface area (Å²) in [6.45, 7) is 8.40. The zero-order chi connectivity index (χ0) is 23.5. The first-order valence-electron chi connectivity index (χ1n) is 11.8. The van der Waals surface area contributed by atoms with Gasteiger partial charge in [-0.2, -0.15) is 0 Å². The predicted molar refractivity (Wildman–Crippen MR) is 133 cm³/mol. The van der Waals surface area contributed by atoms with Gasteiger partial charge in [-0.1, -0.05) is 81.4 Å². The Bertz CT molecular complexity index is 1020. The van der Waals surface area contributed by atoms with Crippen molar-refractivity contribution in [2.75, 3.05) is 26.3 Å². The van der Waals surface area contributed by atoms with Crippen LogP contribution in [0.2, 0.25) is 0 Å². The van der Waals surface area contributed by atoms with E-state index in [9.17, 15) is 9.90 Å². The first-order chi connectivity index (χ1) is 15.8. The van der Waals surface area contributed by atoms with Gasteiger partial charge >= 0.3 is 0 Å². The highest BCUT2D eigenvalue weighted by atomic mass is 16.3. The monoisotopic (exact) mass is 445 g/mol. The molecule has 0 saturated carbocycles. The van der Waals surface area contributed by atoms with E-state index in [0.29, 0.717) is 39.1 Å². The van der Waals surface area contributed by atoms with Gasteiger partial charge in [0.25, 0.3) is 0 Å². The molecule has 2 aliphatic rings. The maximum Gasteiger partial charge on any atom is 0.223 e. The number of benzene rings is 2. The average molecular weight is 446 g/mol. The van der Waals surface area contributed by atoms with E-state index in [-0.39, 0.29) is 11.8 Å². The van der Waals surface area contributed by atoms with E-state index < -0.39 is 11.0 Å². The third-order valence-corrected chi connectivity index (χ3v) is 7.24. The zero-order valence-electron chi connectivity index (χ0n) is 19.9. The molecule has 1 unspecified atom stereocenters. The first-order valence-corrected chi connectivity index (χ1v) is 11.8. The fraction of sp³-hybridized carbons (Fsp3) is 0.429. The molecule has 1 fully saturated rings. The molecule has 174 valence electrons. The second kappa shape index (κ2) is 9.52. The van der Waals surface area contributed by atoms with Gasteiger partial charge < -0.3 is 14.9 Å². The molecule has 2 aromatic rings. The van der Waals surface area contributed by atoms with E-state index in [0.717, 1.165) is 11.3 Å². The third-order valence-electron chi connectivity index (χ3n) is 7.24. The molecule has 2 atom stereocenters. The standard InChI is InChI=1S/C28H35N3O2/c1-22(23-10-6-4-7-11-23)18-26(32)31-17-15-28(33,27(2,3)19-31)20-30-16-14-25(29-21-30)24-12-8-5-9-13-24/h4-14,16,22,33H,15,17-21H2,1-3H3/t22?,28-/m0/s1. The number of hydrogen-bond acceptors (Lipinski definition) is 4. The summed E-state index contributed by atoms with van der Waals surface area (Å²) in [5.41, 5.74) is 1.94. The largest absolute Gasteiger partial charge is 0.387 e. The van der Waals surface area contributed by atoms with E-state index in [1.165, 1.54) is 5.56 Å². The van der Waals surface area contributed by atoms with Crippen molar-refractivity contribution in [2.45, 2.75) is 45.1 Å². The van der Waals surface area contributed by atoms with Crippen LogP contribution in [-0.4, -0.2) is 58.4 Å². The zero-order valence-corrected chi connectivity index (χ0v) is 19.9. The Hall–Kier alpha value is -2.92. The summed E-state index contributed by atoms with van der Waals surface area (Å²) in [4.78, 5) is 21.8. The van der Waals surface area contributed by atoms with Crippen LogP contribution in [0.5, 0.6) is 0 Å². The number of hydrogen-bond donors (Lipinski definition) is 1. The Balaban J connectivity index is 1.35. The van der Waals surface area contributed by atoms with Crippen molar-refractivity contribution in [1.82, 2.24) is 9.80 Å². The van der Waals surface area contributed by atoms with E-state index in [4.69, 9.17) is 4.99 Å². The fourth-order valence-electron chi connectivity index (χ4n) is 4.84. The van der Waals surface area contributed by atoms with E-state index in [1.807, 2.05) is 53.6 Å². The van der Waals surface area contributed by atoms with E-state index in [1.54, 1.807) is 0 Å². The van der Waals surface area contributed by atoms with Gasteiger partial charge in [0.1, 0.15) is 6.67 Å². The molecule has 0 bridgehead atoms. The Morgan fingerprint density at radius 2 is 1.76 bits per heavy atom. The number of rotatable bonds is 6. The van der Waals surface area contributed by atoms with Gasteiger partial charge in [-0.15, -0.1) is 0 Å². The van der Waals surface area contributed by atoms with Crippen molar-refractivity contribution >= 4 is 11.6 Å². The molecule has 5 nitrogen and oxygen atoms in total. The minimum Gasteiger partial charge on any atom is -0.387 e. The van der Waals surface area contributed by atoms with Crippen LogP contribution in [0.15, 0.2) is 77.9 Å². The molecule has 1 N–H and O–H groups in total. The Morgan fingerprint density at radius 1 is 1.09 bits per heavy atom. The molecule has 0 radical (unpaired) electrons. The van der Waals surface area contributed by atoms with E-state index >= 15 is 0 Å². The summed E-state index contributed by atoms with van der Waals surface area (Å²) in [6.07, 6.45) is 5.09. The second-order valence-corrected chi connectivity index (χ2v) is 10.1. The molecule has 0 spiro atoms. The summed E-state index contributed by atoms with van der Waals surface area (Å²) in [5, 5.41) is 11.6. The second-order valence-electron chi connectivity index (χ2n) is 10.1. The molecular weight excluding hydrogens is 410 g/mol. The number of nitrogens with zero attached hydrogens (tertiary/aromatic N) is 3. The lowest BCUT2D eigenvalue weighted by molar-refractivity contribution is -0.153. The lowest BCUT2D eigenvalue weighted by atomic mass is 9.69. The van der Waals surface area contributed by atoms with Gasteiger partial charge in [0.15, 0.2) is 0 Å². The van der Waals surface area contributed by atoms with Crippen molar-refractivity contribution in [3.8, 4) is 0 Å². The molecule has 33 heavy (non-hydrogen) atoms. The minimum absolute atomic E-state index is 0.163. The van der Waals surface area contributed by atoms with Gasteiger partial charge in [0.2, 0.25) is 5.91 Å². The third kappa shape index (κ3) is 5.19. The highest BCUT2D eigenvalue weighted by Gasteiger charge is 2.49. The maximum atomic E-state index is 13.0. The molecule has 0 aromatic heterocycles. The number of aliphatic hydroxyl groups is 1. The number of aliphatic imine (C=N–C) groups is 1. The summed E-state index contributed by atoms with van der Waals surface area (Å²) in [6, 6.07) is 20.3. The topological polar surface area (TPSA) is 56.1 Å². The van der Waals surface area contributed by atoms with Gasteiger partial charge in [0.05, 0.1) is 11.3 Å². The fourth-order valence-corrected chi connectivity index (χ4v) is 4.84. The molecule has 1 saturated heterocycles. The molecule has 0 aliphatic carbocycles. The van der Waals surface area contributed by atoms with Crippen LogP contribution in [0.4, 0.5) is 0 Å². The predicted octanol–water partition coefficient (Wildman–Crippen LogP) is 4.45. The first kappa shape index (κ1) is 23.2. The number of β-amino-alcohol motifs (C(OH)–C–C–N with tert-alkyl or cyclic N) is 1. The highest BCUT2D eigenvalue weighted by molar-refractivity contribution is 6.08. The van der Waals surface area contributed by atoms with Crippen LogP contribution in [0, 0.1) is 5.41 Å². The van der Waals surface area contributed by atoms with Crippen LogP contribution in [0.3, 0.4) is 0 Å². The highest BCUT2D eigenvalue weighted by Crippen LogP contribution is 2.40. The molecule has 2 aromatic carbocycles. The maximum absolute atomic E-state index is 13.0. The SMILES string of the molecule is CC(CC(=O)N1CC[C@](O)(CN2C=CC(c3ccccc3)=NC2)C(C)(C)C1)c1ccccc1. The average Bonchev–Trinajstić information content (AvgIpc) is 2.82. The van der Waals surface area contributed by atoms with Crippen molar-refractivity contribution < 1.29 is 9.90 Å². The van der Waals surface area contributed by atoms with E-state index in [2.05, 4.69) is 49.9 Å². The summed E-state index contributed by atoms with van der Waals surface area (Å²) >= 11 is 0. The summed E-state index contributed by atoms with van der Waals surface area (Å²) in [7, 11) is 0. The Labute approximate surface area is 197 Å². The van der Waals surface area contributed by atoms with Crippen molar-refractivity contribution in [3.63, 3.8) is 0 Å². The number of carbonyl (C=O) groups is 1. The molecule has 5 heteroatoms. The van der Waals surface area contributed by atoms with Gasteiger partial charge in [-0.3, -0.25) is 9.79 Å². The lowest BCUT2D eigenvalue weighted by Gasteiger charge is -2.51. The van der Waals surface area contributed by atoms with Crippen LogP contribution in [0.1, 0.15) is 50.7 Å². The number of amides is 1. The lowest BCUT2D eigenvalue weighted by Crippen LogP contribution is -2.62. The number of piperidine rings is 1. The summed E-state index contributed by atoms with van der Waals surface area (Å²) < 4.78 is 0. The quantitative estimate of drug-likeness (QED) is 0.715. The van der Waals surface area contributed by atoms with Crippen LogP contribution >= 0.6 is 0 Å². The normalized spacial score (nSPS) is 23.2. The van der Waals surface area contributed by atoms with Crippen LogP contribution < -0.4 is 0 Å². The summed E-state index contributed by atoms with van der Waals surface area (Å²) in [5.74, 6) is 0.342. The molecule has 2 heterocycles. The molecule has 4 rings (SSSR count). The Kier molecular flexibility index (Phi) is 6.71. The number of allylic oxidation sites excluding steroid dienone is 1. The Morgan fingerprint density at radius 3 is 2.36 bits per heavy atom. The molecule has 1 amide bonds. The molecule has 2 aliphatic heterocycles. The number of likely N-dealkylation sites (tertiary alicyclic amines) is 1. The number of carbonyl (C=O) groups excluding carboxylic acids is 1. The van der Waals surface area contributed by atoms with Crippen molar-refractivity contribution in [3.05, 3.63) is 84.1 Å². The van der Waals surface area contributed by atoms with Gasteiger partial charge in [-0.05, 0) is 29.5 Å². The van der Waals surface area contributed by atoms with Gasteiger partial charge in [-0.25, -0.2) is 0 Å². The smallest absolute Gasteiger partial charge is 0.223 e. The van der Waals surface area contributed by atoms with Crippen LogP contribution in [-0.2, 0) is 4.79 Å².